The van der Waals surface area contributed by atoms with Gasteiger partial charge in [-0.2, -0.15) is 0 Å². The van der Waals surface area contributed by atoms with Gasteiger partial charge in [0.1, 0.15) is 0 Å². The first-order chi connectivity index (χ1) is 9.22. The summed E-state index contributed by atoms with van der Waals surface area (Å²) in [5.74, 6) is 0.643. The van der Waals surface area contributed by atoms with Gasteiger partial charge in [0, 0.05) is 31.3 Å². The van der Waals surface area contributed by atoms with Crippen molar-refractivity contribution in [3.05, 3.63) is 46.9 Å². The zero-order chi connectivity index (χ0) is 14.8. The fourth-order valence-corrected chi connectivity index (χ4v) is 1.53. The Bertz CT molecular complexity index is 510. The Labute approximate surface area is 118 Å². The first-order valence-electron chi connectivity index (χ1n) is 5.92. The highest BCUT2D eigenvalue weighted by atomic mass is 35.5. The van der Waals surface area contributed by atoms with Crippen molar-refractivity contribution in [2.24, 2.45) is 0 Å². The Hall–Kier alpha value is -1.65. The lowest BCUT2D eigenvalue weighted by Gasteiger charge is -2.05. The highest BCUT2D eigenvalue weighted by molar-refractivity contribution is 6.32. The summed E-state index contributed by atoms with van der Waals surface area (Å²) in [5.41, 5.74) is 1.57. The molecule has 0 spiro atoms. The van der Waals surface area contributed by atoms with E-state index in [2.05, 4.69) is 4.98 Å². The molecule has 0 unspecified atom stereocenters. The van der Waals surface area contributed by atoms with Crippen LogP contribution in [0, 0.1) is 6.92 Å². The molecule has 0 amide bonds. The monoisotopic (exact) mass is 282 g/mol. The zero-order valence-corrected chi connectivity index (χ0v) is 12.3. The van der Waals surface area contributed by atoms with Crippen LogP contribution < -0.4 is 0 Å². The molecule has 0 aliphatic rings. The predicted octanol–water partition coefficient (Wildman–Crippen LogP) is 3.28. The first kappa shape index (κ1) is 17.4. The Balaban J connectivity index is 0.000000741. The lowest BCUT2D eigenvalue weighted by atomic mass is 10.3. The number of hydrogen-bond donors (Lipinski definition) is 1. The molecular weight excluding hydrogens is 264 g/mol. The molecule has 19 heavy (non-hydrogen) atoms. The Kier molecular flexibility index (Phi) is 8.49. The van der Waals surface area contributed by atoms with Crippen LogP contribution in [0.3, 0.4) is 0 Å². The number of aromatic nitrogens is 2. The lowest BCUT2D eigenvalue weighted by Crippen LogP contribution is -1.96. The van der Waals surface area contributed by atoms with Gasteiger partial charge in [0.25, 0.3) is 0 Å². The van der Waals surface area contributed by atoms with Crippen molar-refractivity contribution in [1.82, 2.24) is 9.55 Å². The third-order valence-electron chi connectivity index (χ3n) is 2.16. The van der Waals surface area contributed by atoms with Gasteiger partial charge in [-0.05, 0) is 24.6 Å². The number of halogens is 1. The Morgan fingerprint density at radius 2 is 1.95 bits per heavy atom. The Morgan fingerprint density at radius 3 is 2.47 bits per heavy atom. The molecule has 0 aliphatic heterocycles. The van der Waals surface area contributed by atoms with Crippen LogP contribution in [0.1, 0.15) is 29.8 Å². The van der Waals surface area contributed by atoms with E-state index < -0.39 is 0 Å². The molecule has 0 saturated carbocycles. The average Bonchev–Trinajstić information content (AvgIpc) is 2.95. The molecular formula is C14H19ClN2O2. The number of carbonyl (C=O) groups is 1. The van der Waals surface area contributed by atoms with E-state index in [0.717, 1.165) is 19.0 Å². The maximum atomic E-state index is 10.5. The zero-order valence-electron chi connectivity index (χ0n) is 11.6. The van der Waals surface area contributed by atoms with Crippen LogP contribution in [-0.4, -0.2) is 28.1 Å². The van der Waals surface area contributed by atoms with Crippen LogP contribution in [0.25, 0.3) is 5.82 Å². The van der Waals surface area contributed by atoms with Crippen LogP contribution in [-0.2, 0) is 0 Å². The van der Waals surface area contributed by atoms with Crippen LogP contribution in [0.15, 0.2) is 30.7 Å². The normalized spacial score (nSPS) is 8.74. The number of nitrogens with zero attached hydrogens (tertiary/aromatic N) is 2. The van der Waals surface area contributed by atoms with Gasteiger partial charge < -0.3 is 9.67 Å². The summed E-state index contributed by atoms with van der Waals surface area (Å²) in [6.07, 6.45) is 5.94. The number of pyridine rings is 1. The van der Waals surface area contributed by atoms with Gasteiger partial charge in [0.15, 0.2) is 12.1 Å². The van der Waals surface area contributed by atoms with Gasteiger partial charge in [-0.1, -0.05) is 25.4 Å². The maximum absolute atomic E-state index is 10.5. The largest absolute Gasteiger partial charge is 0.400 e. The fourth-order valence-electron chi connectivity index (χ4n) is 1.32. The van der Waals surface area contributed by atoms with Crippen LogP contribution in [0.2, 0.25) is 5.02 Å². The molecule has 1 N–H and O–H groups in total. The van der Waals surface area contributed by atoms with Gasteiger partial charge in [-0.25, -0.2) is 4.98 Å². The van der Waals surface area contributed by atoms with Crippen molar-refractivity contribution in [2.45, 2.75) is 20.8 Å². The minimum absolute atomic E-state index is 0.602. The maximum Gasteiger partial charge on any atom is 0.155 e. The van der Waals surface area contributed by atoms with Crippen molar-refractivity contribution in [2.75, 3.05) is 7.11 Å². The van der Waals surface area contributed by atoms with E-state index in [-0.39, 0.29) is 0 Å². The third kappa shape index (κ3) is 4.50. The molecule has 2 aromatic heterocycles. The number of aliphatic hydroxyl groups is 1. The van der Waals surface area contributed by atoms with Crippen molar-refractivity contribution < 1.29 is 9.90 Å². The molecule has 2 rings (SSSR count). The number of rotatable bonds is 2. The molecule has 0 atom stereocenters. The topological polar surface area (TPSA) is 55.1 Å². The smallest absolute Gasteiger partial charge is 0.155 e. The Morgan fingerprint density at radius 1 is 1.32 bits per heavy atom. The average molecular weight is 283 g/mol. The van der Waals surface area contributed by atoms with E-state index in [1.807, 2.05) is 26.8 Å². The van der Waals surface area contributed by atoms with Crippen molar-refractivity contribution in [3.63, 3.8) is 0 Å². The van der Waals surface area contributed by atoms with E-state index in [1.165, 1.54) is 0 Å². The van der Waals surface area contributed by atoms with E-state index in [0.29, 0.717) is 16.4 Å². The van der Waals surface area contributed by atoms with Crippen LogP contribution in [0.5, 0.6) is 0 Å². The molecule has 0 aromatic carbocycles. The summed E-state index contributed by atoms with van der Waals surface area (Å²) in [6.45, 7) is 5.91. The molecule has 0 radical (unpaired) electrons. The predicted molar refractivity (Wildman–Crippen MR) is 78.2 cm³/mol. The molecule has 2 heterocycles. The van der Waals surface area contributed by atoms with Gasteiger partial charge in [0.05, 0.1) is 5.02 Å². The summed E-state index contributed by atoms with van der Waals surface area (Å²) in [4.78, 5) is 14.7. The minimum Gasteiger partial charge on any atom is -0.400 e. The molecule has 0 fully saturated rings. The minimum atomic E-state index is 0.602. The molecule has 0 aliphatic carbocycles. The van der Waals surface area contributed by atoms with Gasteiger partial charge in [-0.3, -0.25) is 4.79 Å². The molecule has 104 valence electrons. The molecule has 5 heteroatoms. The number of aliphatic hydroxyl groups excluding tert-OH is 1. The summed E-state index contributed by atoms with van der Waals surface area (Å²) in [6, 6.07) is 3.56. The second-order valence-corrected chi connectivity index (χ2v) is 3.61. The molecule has 0 saturated heterocycles. The SMILES string of the molecule is CC.CO.Cc1ccnc(-n2ccc(C=O)c2)c1Cl. The third-order valence-corrected chi connectivity index (χ3v) is 2.63. The molecule has 0 bridgehead atoms. The van der Waals surface area contributed by atoms with Crippen molar-refractivity contribution >= 4 is 17.9 Å². The highest BCUT2D eigenvalue weighted by Gasteiger charge is 2.06. The number of carbonyl (C=O) groups excluding carboxylic acids is 1. The van der Waals surface area contributed by atoms with Gasteiger partial charge >= 0.3 is 0 Å². The van der Waals surface area contributed by atoms with E-state index in [9.17, 15) is 4.79 Å². The summed E-state index contributed by atoms with van der Waals surface area (Å²) >= 11 is 6.11. The lowest BCUT2D eigenvalue weighted by molar-refractivity contribution is 0.112. The summed E-state index contributed by atoms with van der Waals surface area (Å²) in [5, 5.41) is 7.60. The van der Waals surface area contributed by atoms with E-state index >= 15 is 0 Å². The second-order valence-electron chi connectivity index (χ2n) is 3.24. The summed E-state index contributed by atoms with van der Waals surface area (Å²) in [7, 11) is 1.00. The highest BCUT2D eigenvalue weighted by Crippen LogP contribution is 2.21. The van der Waals surface area contributed by atoms with E-state index in [4.69, 9.17) is 16.7 Å². The molecule has 4 nitrogen and oxygen atoms in total. The number of aldehydes is 1. The molecule has 2 aromatic rings. The van der Waals surface area contributed by atoms with Crippen molar-refractivity contribution in [3.8, 4) is 5.82 Å². The van der Waals surface area contributed by atoms with Crippen LogP contribution in [0.4, 0.5) is 0 Å². The fraction of sp³-hybridized carbons (Fsp3) is 0.286. The standard InChI is InChI=1S/C11H9ClN2O.C2H6.CH4O/c1-8-2-4-13-11(10(8)12)14-5-3-9(6-14)7-15;2*1-2/h2-7H,1H3;1-2H3;2H,1H3. The first-order valence-corrected chi connectivity index (χ1v) is 6.29. The quantitative estimate of drug-likeness (QED) is 0.860. The second kappa shape index (κ2) is 9.30. The summed E-state index contributed by atoms with van der Waals surface area (Å²) < 4.78 is 1.74. The van der Waals surface area contributed by atoms with Crippen molar-refractivity contribution in [1.29, 1.82) is 0 Å². The van der Waals surface area contributed by atoms with Crippen LogP contribution >= 0.6 is 11.6 Å². The number of aryl methyl sites for hydroxylation is 1. The van der Waals surface area contributed by atoms with Gasteiger partial charge in [0.2, 0.25) is 0 Å². The van der Waals surface area contributed by atoms with E-state index in [1.54, 1.807) is 29.2 Å². The number of hydrogen-bond acceptors (Lipinski definition) is 3. The van der Waals surface area contributed by atoms with Gasteiger partial charge in [-0.15, -0.1) is 0 Å².